The predicted molar refractivity (Wildman–Crippen MR) is 120 cm³/mol. The van der Waals surface area contributed by atoms with Gasteiger partial charge in [0.25, 0.3) is 5.91 Å². The van der Waals surface area contributed by atoms with Crippen LogP contribution in [0.25, 0.3) is 0 Å². The van der Waals surface area contributed by atoms with Crippen molar-refractivity contribution in [3.05, 3.63) is 63.5 Å². The minimum atomic E-state index is -0.115. The van der Waals surface area contributed by atoms with Crippen molar-refractivity contribution in [2.75, 3.05) is 11.1 Å². The zero-order chi connectivity index (χ0) is 20.1. The number of carbonyl (C=O) groups is 2. The molecular weight excluding hydrogens is 422 g/mol. The molecule has 0 unspecified atom stereocenters. The first-order chi connectivity index (χ1) is 14.2. The van der Waals surface area contributed by atoms with Crippen LogP contribution in [0, 0.1) is 0 Å². The fourth-order valence-electron chi connectivity index (χ4n) is 3.33. The maximum Gasteiger partial charge on any atom is 0.254 e. The largest absolute Gasteiger partial charge is 0.348 e. The summed E-state index contributed by atoms with van der Waals surface area (Å²) in [7, 11) is 0. The molecule has 8 heteroatoms. The number of carbonyl (C=O) groups excluding carboxylic acids is 2. The van der Waals surface area contributed by atoms with Crippen LogP contribution in [0.5, 0.6) is 0 Å². The van der Waals surface area contributed by atoms with Crippen molar-refractivity contribution in [2.24, 2.45) is 0 Å². The number of hydrogen-bond acceptors (Lipinski definition) is 6. The van der Waals surface area contributed by atoms with E-state index in [4.69, 9.17) is 0 Å². The summed E-state index contributed by atoms with van der Waals surface area (Å²) in [5, 5.41) is 8.57. The van der Waals surface area contributed by atoms with Gasteiger partial charge in [-0.2, -0.15) is 0 Å². The Morgan fingerprint density at radius 2 is 1.97 bits per heavy atom. The number of nitrogens with one attached hydrogen (secondary N) is 2. The smallest absolute Gasteiger partial charge is 0.254 e. The second-order valence-electron chi connectivity index (χ2n) is 6.72. The van der Waals surface area contributed by atoms with E-state index in [0.29, 0.717) is 17.1 Å². The van der Waals surface area contributed by atoms with E-state index in [0.717, 1.165) is 41.1 Å². The van der Waals surface area contributed by atoms with E-state index in [1.807, 2.05) is 35.7 Å². The van der Waals surface area contributed by atoms with Gasteiger partial charge in [-0.1, -0.05) is 42.1 Å². The number of thioether (sulfide) groups is 1. The SMILES string of the molecule is O=C(CSc1nccs1)Nc1sc2c(c1C(=O)NCc1ccccc1)CCCC2. The highest BCUT2D eigenvalue weighted by Crippen LogP contribution is 2.38. The molecule has 3 aromatic rings. The molecule has 0 saturated heterocycles. The lowest BCUT2D eigenvalue weighted by Crippen LogP contribution is -2.25. The van der Waals surface area contributed by atoms with Gasteiger partial charge in [-0.25, -0.2) is 4.98 Å². The number of rotatable bonds is 7. The van der Waals surface area contributed by atoms with Crippen molar-refractivity contribution >= 4 is 51.3 Å². The lowest BCUT2D eigenvalue weighted by atomic mass is 9.95. The van der Waals surface area contributed by atoms with Gasteiger partial charge in [0, 0.05) is 23.0 Å². The summed E-state index contributed by atoms with van der Waals surface area (Å²) < 4.78 is 0.867. The van der Waals surface area contributed by atoms with Gasteiger partial charge in [-0.05, 0) is 36.8 Å². The highest BCUT2D eigenvalue weighted by atomic mass is 32.2. The fraction of sp³-hybridized carbons (Fsp3) is 0.286. The predicted octanol–water partition coefficient (Wildman–Crippen LogP) is 4.74. The summed E-state index contributed by atoms with van der Waals surface area (Å²) in [5.41, 5.74) is 2.80. The van der Waals surface area contributed by atoms with Crippen molar-refractivity contribution in [1.29, 1.82) is 0 Å². The highest BCUT2D eigenvalue weighted by molar-refractivity contribution is 8.01. The molecule has 0 atom stereocenters. The number of aromatic nitrogens is 1. The molecule has 29 heavy (non-hydrogen) atoms. The van der Waals surface area contributed by atoms with Crippen LogP contribution in [0.3, 0.4) is 0 Å². The molecule has 2 heterocycles. The Bertz CT molecular complexity index is 984. The third-order valence-electron chi connectivity index (χ3n) is 4.68. The van der Waals surface area contributed by atoms with Crippen LogP contribution in [0.1, 0.15) is 39.2 Å². The number of fused-ring (bicyclic) bond motifs is 1. The average molecular weight is 444 g/mol. The summed E-state index contributed by atoms with van der Waals surface area (Å²) in [6, 6.07) is 9.85. The first-order valence-electron chi connectivity index (χ1n) is 9.49. The number of nitrogens with zero attached hydrogens (tertiary/aromatic N) is 1. The number of aryl methyl sites for hydroxylation is 1. The molecule has 2 N–H and O–H groups in total. The molecule has 2 aromatic heterocycles. The summed E-state index contributed by atoms with van der Waals surface area (Å²) in [5.74, 6) is 0.0540. The Labute approximate surface area is 182 Å². The first kappa shape index (κ1) is 20.1. The molecule has 0 spiro atoms. The summed E-state index contributed by atoms with van der Waals surface area (Å²) in [4.78, 5) is 30.9. The molecule has 1 aliphatic carbocycles. The highest BCUT2D eigenvalue weighted by Gasteiger charge is 2.26. The normalized spacial score (nSPS) is 13.0. The third kappa shape index (κ3) is 5.07. The van der Waals surface area contributed by atoms with Crippen LogP contribution in [0.4, 0.5) is 5.00 Å². The Morgan fingerprint density at radius 1 is 1.14 bits per heavy atom. The van der Waals surface area contributed by atoms with Crippen LogP contribution in [-0.2, 0) is 24.2 Å². The molecule has 150 valence electrons. The zero-order valence-corrected chi connectivity index (χ0v) is 18.2. The Morgan fingerprint density at radius 3 is 2.76 bits per heavy atom. The van der Waals surface area contributed by atoms with Gasteiger partial charge in [0.2, 0.25) is 5.91 Å². The van der Waals surface area contributed by atoms with E-state index in [1.165, 1.54) is 28.0 Å². The number of amides is 2. The third-order valence-corrected chi connectivity index (χ3v) is 7.86. The Kier molecular flexibility index (Phi) is 6.63. The standard InChI is InChI=1S/C21H21N3O2S3/c25-17(13-28-21-22-10-11-27-21)24-20-18(15-8-4-5-9-16(15)29-20)19(26)23-12-14-6-2-1-3-7-14/h1-3,6-7,10-11H,4-5,8-9,12-13H2,(H,23,26)(H,24,25). The van der Waals surface area contributed by atoms with E-state index in [-0.39, 0.29) is 17.6 Å². The first-order valence-corrected chi connectivity index (χ1v) is 12.2. The minimum Gasteiger partial charge on any atom is -0.348 e. The molecule has 0 bridgehead atoms. The second-order valence-corrected chi connectivity index (χ2v) is 9.94. The lowest BCUT2D eigenvalue weighted by molar-refractivity contribution is -0.113. The van der Waals surface area contributed by atoms with Crippen LogP contribution in [-0.4, -0.2) is 22.6 Å². The van der Waals surface area contributed by atoms with E-state index < -0.39 is 0 Å². The Balaban J connectivity index is 1.48. The topological polar surface area (TPSA) is 71.1 Å². The summed E-state index contributed by atoms with van der Waals surface area (Å²) in [6.45, 7) is 0.470. The van der Waals surface area contributed by atoms with Crippen LogP contribution < -0.4 is 10.6 Å². The number of thiazole rings is 1. The van der Waals surface area contributed by atoms with Crippen LogP contribution in [0.2, 0.25) is 0 Å². The second kappa shape index (κ2) is 9.56. The quantitative estimate of drug-likeness (QED) is 0.517. The molecule has 1 aliphatic rings. The van der Waals surface area contributed by atoms with Gasteiger partial charge in [-0.15, -0.1) is 22.7 Å². The van der Waals surface area contributed by atoms with Gasteiger partial charge in [-0.3, -0.25) is 9.59 Å². The molecule has 1 aromatic carbocycles. The van der Waals surface area contributed by atoms with Gasteiger partial charge in [0.15, 0.2) is 0 Å². The van der Waals surface area contributed by atoms with Gasteiger partial charge < -0.3 is 10.6 Å². The number of anilines is 1. The van der Waals surface area contributed by atoms with Gasteiger partial charge in [0.05, 0.1) is 11.3 Å². The van der Waals surface area contributed by atoms with Gasteiger partial charge >= 0.3 is 0 Å². The van der Waals surface area contributed by atoms with E-state index in [1.54, 1.807) is 17.5 Å². The van der Waals surface area contributed by atoms with Crippen molar-refractivity contribution in [1.82, 2.24) is 10.3 Å². The molecule has 0 fully saturated rings. The van der Waals surface area contributed by atoms with Crippen molar-refractivity contribution in [3.63, 3.8) is 0 Å². The fourth-order valence-corrected chi connectivity index (χ4v) is 6.07. The monoisotopic (exact) mass is 443 g/mol. The number of benzene rings is 1. The number of thiophene rings is 1. The van der Waals surface area contributed by atoms with E-state index in [9.17, 15) is 9.59 Å². The van der Waals surface area contributed by atoms with Crippen molar-refractivity contribution < 1.29 is 9.59 Å². The molecule has 0 saturated carbocycles. The van der Waals surface area contributed by atoms with Crippen LogP contribution >= 0.6 is 34.4 Å². The maximum atomic E-state index is 13.0. The zero-order valence-electron chi connectivity index (χ0n) is 15.8. The van der Waals surface area contributed by atoms with E-state index >= 15 is 0 Å². The minimum absolute atomic E-state index is 0.110. The average Bonchev–Trinajstić information content (AvgIpc) is 3.38. The van der Waals surface area contributed by atoms with E-state index in [2.05, 4.69) is 15.6 Å². The molecule has 5 nitrogen and oxygen atoms in total. The van der Waals surface area contributed by atoms with Gasteiger partial charge in [0.1, 0.15) is 9.34 Å². The Hall–Kier alpha value is -2.16. The molecule has 2 amide bonds. The summed E-state index contributed by atoms with van der Waals surface area (Å²) >= 11 is 4.48. The molecule has 4 rings (SSSR count). The van der Waals surface area contributed by atoms with Crippen molar-refractivity contribution in [3.8, 4) is 0 Å². The lowest BCUT2D eigenvalue weighted by Gasteiger charge is -2.13. The maximum absolute atomic E-state index is 13.0. The summed E-state index contributed by atoms with van der Waals surface area (Å²) in [6.07, 6.45) is 5.81. The molecule has 0 aliphatic heterocycles. The van der Waals surface area contributed by atoms with Crippen LogP contribution in [0.15, 0.2) is 46.2 Å². The molecule has 0 radical (unpaired) electrons. The number of hydrogen-bond donors (Lipinski definition) is 2. The molecular formula is C21H21N3O2S3. The van der Waals surface area contributed by atoms with Crippen molar-refractivity contribution in [2.45, 2.75) is 36.6 Å².